The third-order valence-electron chi connectivity index (χ3n) is 4.38. The molecule has 20 heavy (non-hydrogen) atoms. The van der Waals surface area contributed by atoms with Crippen molar-refractivity contribution in [2.45, 2.75) is 53.1 Å². The third-order valence-corrected chi connectivity index (χ3v) is 4.38. The molecule has 1 aliphatic heterocycles. The molecule has 0 spiro atoms. The molecule has 1 aromatic rings. The average Bonchev–Trinajstić information content (AvgIpc) is 2.71. The van der Waals surface area contributed by atoms with Crippen molar-refractivity contribution >= 4 is 5.69 Å². The first kappa shape index (κ1) is 15.3. The number of rotatable bonds is 4. The van der Waals surface area contributed by atoms with Crippen LogP contribution in [-0.4, -0.2) is 19.1 Å². The molecule has 0 bridgehead atoms. The molecule has 1 N–H and O–H groups in total. The van der Waals surface area contributed by atoms with E-state index in [0.29, 0.717) is 12.0 Å². The molecule has 0 aliphatic carbocycles. The molecule has 0 saturated carbocycles. The van der Waals surface area contributed by atoms with Crippen LogP contribution in [0.15, 0.2) is 12.1 Å². The zero-order chi connectivity index (χ0) is 14.9. The Kier molecular flexibility index (Phi) is 4.69. The van der Waals surface area contributed by atoms with Crippen molar-refractivity contribution in [1.29, 1.82) is 0 Å². The first-order chi connectivity index (χ1) is 9.43. The van der Waals surface area contributed by atoms with E-state index in [2.05, 4.69) is 37.9 Å². The monoisotopic (exact) mass is 278 g/mol. The van der Waals surface area contributed by atoms with Gasteiger partial charge in [0.15, 0.2) is 0 Å². The van der Waals surface area contributed by atoms with Gasteiger partial charge in [0.25, 0.3) is 0 Å². The summed E-state index contributed by atoms with van der Waals surface area (Å²) in [6.07, 6.45) is 1.21. The number of aryl methyl sites for hydroxylation is 1. The van der Waals surface area contributed by atoms with Gasteiger partial charge in [-0.3, -0.25) is 0 Å². The lowest BCUT2D eigenvalue weighted by Crippen LogP contribution is -2.30. The first-order valence-corrected chi connectivity index (χ1v) is 7.74. The number of halogens is 1. The fourth-order valence-electron chi connectivity index (χ4n) is 3.33. The first-order valence-electron chi connectivity index (χ1n) is 7.74. The van der Waals surface area contributed by atoms with Crippen molar-refractivity contribution in [3.05, 3.63) is 29.1 Å². The topological polar surface area (TPSA) is 15.3 Å². The summed E-state index contributed by atoms with van der Waals surface area (Å²) in [5, 5.41) is 3.41. The van der Waals surface area contributed by atoms with Crippen LogP contribution in [0.4, 0.5) is 10.1 Å². The van der Waals surface area contributed by atoms with E-state index < -0.39 is 0 Å². The van der Waals surface area contributed by atoms with Gasteiger partial charge in [-0.15, -0.1) is 0 Å². The summed E-state index contributed by atoms with van der Waals surface area (Å²) < 4.78 is 14.0. The molecule has 0 radical (unpaired) electrons. The van der Waals surface area contributed by atoms with E-state index in [1.165, 1.54) is 12.1 Å². The van der Waals surface area contributed by atoms with Gasteiger partial charge in [0.1, 0.15) is 5.82 Å². The molecule has 112 valence electrons. The van der Waals surface area contributed by atoms with Crippen LogP contribution in [-0.2, 0) is 0 Å². The van der Waals surface area contributed by atoms with Gasteiger partial charge in [0.2, 0.25) is 0 Å². The van der Waals surface area contributed by atoms with Gasteiger partial charge >= 0.3 is 0 Å². The van der Waals surface area contributed by atoms with Crippen molar-refractivity contribution in [2.24, 2.45) is 5.92 Å². The van der Waals surface area contributed by atoms with Crippen molar-refractivity contribution in [3.8, 4) is 0 Å². The van der Waals surface area contributed by atoms with Gasteiger partial charge in [-0.1, -0.05) is 13.8 Å². The summed E-state index contributed by atoms with van der Waals surface area (Å²) in [6.45, 7) is 12.6. The SMILES string of the molecule is CCNC(C)c1cc(F)c(C)cc1N1CC(C)CC1C. The van der Waals surface area contributed by atoms with Crippen molar-refractivity contribution < 1.29 is 4.39 Å². The zero-order valence-electron chi connectivity index (χ0n) is 13.3. The Morgan fingerprint density at radius 2 is 2.10 bits per heavy atom. The highest BCUT2D eigenvalue weighted by Crippen LogP contribution is 2.35. The van der Waals surface area contributed by atoms with Crippen LogP contribution in [0.25, 0.3) is 0 Å². The van der Waals surface area contributed by atoms with Crippen LogP contribution < -0.4 is 10.2 Å². The third kappa shape index (κ3) is 2.98. The quantitative estimate of drug-likeness (QED) is 0.894. The van der Waals surface area contributed by atoms with Crippen molar-refractivity contribution in [3.63, 3.8) is 0 Å². The summed E-state index contributed by atoms with van der Waals surface area (Å²) in [5.74, 6) is 0.603. The second kappa shape index (κ2) is 6.13. The van der Waals surface area contributed by atoms with Crippen molar-refractivity contribution in [1.82, 2.24) is 5.32 Å². The second-order valence-electron chi connectivity index (χ2n) is 6.28. The molecule has 1 fully saturated rings. The van der Waals surface area contributed by atoms with Crippen LogP contribution in [0.1, 0.15) is 51.3 Å². The number of benzene rings is 1. The van der Waals surface area contributed by atoms with E-state index in [9.17, 15) is 4.39 Å². The molecule has 1 aromatic carbocycles. The highest BCUT2D eigenvalue weighted by Gasteiger charge is 2.29. The van der Waals surface area contributed by atoms with Crippen LogP contribution in [0, 0.1) is 18.7 Å². The van der Waals surface area contributed by atoms with Crippen LogP contribution in [0.2, 0.25) is 0 Å². The average molecular weight is 278 g/mol. The summed E-state index contributed by atoms with van der Waals surface area (Å²) in [7, 11) is 0. The van der Waals surface area contributed by atoms with E-state index in [1.54, 1.807) is 6.07 Å². The number of hydrogen-bond donors (Lipinski definition) is 1. The van der Waals surface area contributed by atoms with Gasteiger partial charge < -0.3 is 10.2 Å². The Labute approximate surface area is 122 Å². The Bertz CT molecular complexity index is 472. The molecular weight excluding hydrogens is 251 g/mol. The molecule has 3 atom stereocenters. The smallest absolute Gasteiger partial charge is 0.126 e. The molecule has 2 rings (SSSR count). The predicted octanol–water partition coefficient (Wildman–Crippen LogP) is 4.04. The molecule has 0 aromatic heterocycles. The maximum absolute atomic E-state index is 14.0. The molecule has 3 heteroatoms. The molecule has 1 heterocycles. The van der Waals surface area contributed by atoms with E-state index in [4.69, 9.17) is 0 Å². The molecule has 0 amide bonds. The lowest BCUT2D eigenvalue weighted by Gasteiger charge is -2.29. The normalized spacial score (nSPS) is 24.2. The number of nitrogens with zero attached hydrogens (tertiary/aromatic N) is 1. The highest BCUT2D eigenvalue weighted by atomic mass is 19.1. The summed E-state index contributed by atoms with van der Waals surface area (Å²) in [5.41, 5.74) is 3.02. The molecular formula is C17H27FN2. The van der Waals surface area contributed by atoms with Gasteiger partial charge in [-0.2, -0.15) is 0 Å². The predicted molar refractivity (Wildman–Crippen MR) is 83.8 cm³/mol. The van der Waals surface area contributed by atoms with Gasteiger partial charge in [-0.05, 0) is 62.9 Å². The molecule has 1 saturated heterocycles. The lowest BCUT2D eigenvalue weighted by molar-refractivity contribution is 0.576. The molecule has 3 unspecified atom stereocenters. The Hall–Kier alpha value is -1.09. The van der Waals surface area contributed by atoms with E-state index in [0.717, 1.165) is 24.2 Å². The van der Waals surface area contributed by atoms with Crippen molar-refractivity contribution in [2.75, 3.05) is 18.0 Å². The number of nitrogens with one attached hydrogen (secondary N) is 1. The number of anilines is 1. The van der Waals surface area contributed by atoms with Gasteiger partial charge in [0.05, 0.1) is 0 Å². The minimum atomic E-state index is -0.103. The van der Waals surface area contributed by atoms with Crippen LogP contribution in [0.3, 0.4) is 0 Å². The van der Waals surface area contributed by atoms with E-state index in [-0.39, 0.29) is 11.9 Å². The maximum atomic E-state index is 14.0. The van der Waals surface area contributed by atoms with E-state index in [1.807, 2.05) is 13.0 Å². The summed E-state index contributed by atoms with van der Waals surface area (Å²) >= 11 is 0. The highest BCUT2D eigenvalue weighted by molar-refractivity contribution is 5.58. The maximum Gasteiger partial charge on any atom is 0.126 e. The fraction of sp³-hybridized carbons (Fsp3) is 0.647. The lowest BCUT2D eigenvalue weighted by atomic mass is 10.0. The Balaban J connectivity index is 2.42. The largest absolute Gasteiger partial charge is 0.368 e. The number of hydrogen-bond acceptors (Lipinski definition) is 2. The minimum Gasteiger partial charge on any atom is -0.368 e. The van der Waals surface area contributed by atoms with Gasteiger partial charge in [0, 0.05) is 24.3 Å². The van der Waals surface area contributed by atoms with Crippen LogP contribution in [0.5, 0.6) is 0 Å². The summed E-state index contributed by atoms with van der Waals surface area (Å²) in [4.78, 5) is 2.44. The van der Waals surface area contributed by atoms with E-state index >= 15 is 0 Å². The zero-order valence-corrected chi connectivity index (χ0v) is 13.3. The second-order valence-corrected chi connectivity index (χ2v) is 6.28. The standard InChI is InChI=1S/C17H27FN2/c1-6-19-14(5)15-9-16(18)12(3)8-17(15)20-10-11(2)7-13(20)4/h8-9,11,13-14,19H,6-7,10H2,1-5H3. The molecule has 2 nitrogen and oxygen atoms in total. The Morgan fingerprint density at radius 1 is 1.40 bits per heavy atom. The van der Waals surface area contributed by atoms with Gasteiger partial charge in [-0.25, -0.2) is 4.39 Å². The Morgan fingerprint density at radius 3 is 2.65 bits per heavy atom. The van der Waals surface area contributed by atoms with Crippen LogP contribution >= 0.6 is 0 Å². The fourth-order valence-corrected chi connectivity index (χ4v) is 3.33. The molecule has 1 aliphatic rings. The summed E-state index contributed by atoms with van der Waals surface area (Å²) in [6, 6.07) is 4.44. The minimum absolute atomic E-state index is 0.103.